The zero-order valence-electron chi connectivity index (χ0n) is 11.5. The van der Waals surface area contributed by atoms with Crippen LogP contribution in [-0.4, -0.2) is 23.9 Å². The predicted octanol–water partition coefficient (Wildman–Crippen LogP) is 2.09. The van der Waals surface area contributed by atoms with Crippen LogP contribution < -0.4 is 16.4 Å². The van der Waals surface area contributed by atoms with Crippen molar-refractivity contribution in [3.05, 3.63) is 29.3 Å². The molecule has 0 atom stereocenters. The maximum atomic E-state index is 11.7. The van der Waals surface area contributed by atoms with Crippen molar-refractivity contribution in [1.82, 2.24) is 5.32 Å². The van der Waals surface area contributed by atoms with Crippen molar-refractivity contribution >= 4 is 41.5 Å². The Kier molecular flexibility index (Phi) is 6.45. The normalized spacial score (nSPS) is 14.8. The monoisotopic (exact) mass is 331 g/mol. The van der Waals surface area contributed by atoms with Crippen molar-refractivity contribution in [3.8, 4) is 0 Å². The minimum absolute atomic E-state index is 0. The molecule has 1 aliphatic carbocycles. The van der Waals surface area contributed by atoms with E-state index in [2.05, 4.69) is 10.6 Å². The Morgan fingerprint density at radius 1 is 1.24 bits per heavy atom. The summed E-state index contributed by atoms with van der Waals surface area (Å²) in [6.45, 7) is 0.464. The fourth-order valence-corrected chi connectivity index (χ4v) is 1.87. The summed E-state index contributed by atoms with van der Waals surface area (Å²) in [5.41, 5.74) is 5.81. The van der Waals surface area contributed by atoms with Gasteiger partial charge < -0.3 is 16.4 Å². The first-order valence-corrected chi connectivity index (χ1v) is 7.00. The third kappa shape index (κ3) is 5.53. The zero-order chi connectivity index (χ0) is 14.6. The van der Waals surface area contributed by atoms with Crippen LogP contribution in [0.1, 0.15) is 25.7 Å². The van der Waals surface area contributed by atoms with Gasteiger partial charge in [-0.15, -0.1) is 12.4 Å². The molecule has 21 heavy (non-hydrogen) atoms. The second-order valence-electron chi connectivity index (χ2n) is 5.07. The Bertz CT molecular complexity index is 501. The molecule has 1 saturated carbocycles. The molecule has 1 aromatic rings. The van der Waals surface area contributed by atoms with E-state index in [1.165, 1.54) is 0 Å². The van der Waals surface area contributed by atoms with E-state index in [9.17, 15) is 9.59 Å². The summed E-state index contributed by atoms with van der Waals surface area (Å²) in [6, 6.07) is 6.92. The maximum absolute atomic E-state index is 11.7. The van der Waals surface area contributed by atoms with Crippen LogP contribution in [0.5, 0.6) is 0 Å². The molecule has 1 aliphatic rings. The van der Waals surface area contributed by atoms with Crippen LogP contribution in [0, 0.1) is 0 Å². The van der Waals surface area contributed by atoms with Gasteiger partial charge in [0.05, 0.1) is 5.54 Å². The average Bonchev–Trinajstić information content (AvgIpc) is 3.16. The first kappa shape index (κ1) is 17.8. The number of hydrogen-bond donors (Lipinski definition) is 3. The molecule has 1 aromatic carbocycles. The van der Waals surface area contributed by atoms with Gasteiger partial charge in [0.15, 0.2) is 0 Å². The third-order valence-corrected chi connectivity index (χ3v) is 3.49. The van der Waals surface area contributed by atoms with E-state index >= 15 is 0 Å². The Morgan fingerprint density at radius 3 is 2.43 bits per heavy atom. The zero-order valence-corrected chi connectivity index (χ0v) is 13.1. The average molecular weight is 332 g/mol. The van der Waals surface area contributed by atoms with Gasteiger partial charge in [0, 0.05) is 23.7 Å². The van der Waals surface area contributed by atoms with Gasteiger partial charge in [0.25, 0.3) is 0 Å². The Balaban J connectivity index is 0.00000220. The van der Waals surface area contributed by atoms with Crippen molar-refractivity contribution < 1.29 is 9.59 Å². The molecule has 0 heterocycles. The van der Waals surface area contributed by atoms with Crippen LogP contribution in [0.25, 0.3) is 0 Å². The smallest absolute Gasteiger partial charge is 0.240 e. The van der Waals surface area contributed by atoms with E-state index in [0.29, 0.717) is 30.1 Å². The molecule has 1 fully saturated rings. The fourth-order valence-electron chi connectivity index (χ4n) is 1.75. The minimum Gasteiger partial charge on any atom is -0.354 e. The highest BCUT2D eigenvalue weighted by Gasteiger charge is 2.45. The van der Waals surface area contributed by atoms with Gasteiger partial charge in [-0.3, -0.25) is 9.59 Å². The molecule has 0 radical (unpaired) electrons. The number of nitrogens with two attached hydrogens (primary N) is 1. The van der Waals surface area contributed by atoms with E-state index in [0.717, 1.165) is 12.8 Å². The lowest BCUT2D eigenvalue weighted by atomic mass is 10.2. The van der Waals surface area contributed by atoms with Crippen LogP contribution in [0.2, 0.25) is 5.02 Å². The maximum Gasteiger partial charge on any atom is 0.240 e. The van der Waals surface area contributed by atoms with E-state index in [-0.39, 0.29) is 24.2 Å². The van der Waals surface area contributed by atoms with Crippen LogP contribution in [0.15, 0.2) is 24.3 Å². The first-order valence-electron chi connectivity index (χ1n) is 6.62. The molecular formula is C14H19Cl2N3O2. The van der Waals surface area contributed by atoms with E-state index < -0.39 is 5.54 Å². The van der Waals surface area contributed by atoms with Crippen molar-refractivity contribution in [2.45, 2.75) is 31.2 Å². The van der Waals surface area contributed by atoms with Gasteiger partial charge in [0.1, 0.15) is 0 Å². The summed E-state index contributed by atoms with van der Waals surface area (Å²) in [7, 11) is 0. The van der Waals surface area contributed by atoms with Gasteiger partial charge in [0.2, 0.25) is 11.8 Å². The molecule has 7 heteroatoms. The number of anilines is 1. The summed E-state index contributed by atoms with van der Waals surface area (Å²) in [5, 5.41) is 6.14. The van der Waals surface area contributed by atoms with Gasteiger partial charge in [-0.05, 0) is 43.5 Å². The molecule has 0 bridgehead atoms. The highest BCUT2D eigenvalue weighted by Crippen LogP contribution is 2.31. The fraction of sp³-hybridized carbons (Fsp3) is 0.429. The predicted molar refractivity (Wildman–Crippen MR) is 85.7 cm³/mol. The second-order valence-corrected chi connectivity index (χ2v) is 5.51. The number of benzene rings is 1. The van der Waals surface area contributed by atoms with Crippen molar-refractivity contribution in [2.75, 3.05) is 11.9 Å². The molecule has 116 valence electrons. The Morgan fingerprint density at radius 2 is 1.86 bits per heavy atom. The topological polar surface area (TPSA) is 84.2 Å². The molecule has 2 amide bonds. The second kappa shape index (κ2) is 7.64. The SMILES string of the molecule is Cl.NC1(C(=O)NCCCC(=O)Nc2ccc(Cl)cc2)CC1. The minimum atomic E-state index is -0.647. The highest BCUT2D eigenvalue weighted by atomic mass is 35.5. The first-order chi connectivity index (χ1) is 9.49. The van der Waals surface area contributed by atoms with E-state index in [4.69, 9.17) is 17.3 Å². The van der Waals surface area contributed by atoms with Crippen LogP contribution in [-0.2, 0) is 9.59 Å². The summed E-state index contributed by atoms with van der Waals surface area (Å²) < 4.78 is 0. The van der Waals surface area contributed by atoms with Crippen LogP contribution >= 0.6 is 24.0 Å². The largest absolute Gasteiger partial charge is 0.354 e. The Labute approximate surface area is 135 Å². The number of amides is 2. The molecule has 0 aromatic heterocycles. The molecule has 2 rings (SSSR count). The van der Waals surface area contributed by atoms with E-state index in [1.807, 2.05) is 0 Å². The summed E-state index contributed by atoms with van der Waals surface area (Å²) >= 11 is 5.76. The van der Waals surface area contributed by atoms with Gasteiger partial charge in [-0.25, -0.2) is 0 Å². The van der Waals surface area contributed by atoms with E-state index in [1.54, 1.807) is 24.3 Å². The van der Waals surface area contributed by atoms with Crippen LogP contribution in [0.3, 0.4) is 0 Å². The Hall–Kier alpha value is -1.30. The summed E-state index contributed by atoms with van der Waals surface area (Å²) in [5.74, 6) is -0.203. The van der Waals surface area contributed by atoms with Gasteiger partial charge >= 0.3 is 0 Å². The highest BCUT2D eigenvalue weighted by molar-refractivity contribution is 6.30. The molecular weight excluding hydrogens is 313 g/mol. The lowest BCUT2D eigenvalue weighted by Gasteiger charge is -2.10. The van der Waals surface area contributed by atoms with Gasteiger partial charge in [-0.1, -0.05) is 11.6 Å². The van der Waals surface area contributed by atoms with Crippen molar-refractivity contribution in [1.29, 1.82) is 0 Å². The standard InChI is InChI=1S/C14H18ClN3O2.ClH/c15-10-3-5-11(6-4-10)18-12(19)2-1-9-17-13(20)14(16)7-8-14;/h3-6H,1-2,7-9,16H2,(H,17,20)(H,18,19);1H. The quantitative estimate of drug-likeness (QED) is 0.698. The molecule has 0 saturated heterocycles. The van der Waals surface area contributed by atoms with Crippen LogP contribution in [0.4, 0.5) is 5.69 Å². The molecule has 4 N–H and O–H groups in total. The number of rotatable bonds is 6. The number of carbonyl (C=O) groups excluding carboxylic acids is 2. The van der Waals surface area contributed by atoms with Gasteiger partial charge in [-0.2, -0.15) is 0 Å². The van der Waals surface area contributed by atoms with Crippen molar-refractivity contribution in [2.24, 2.45) is 5.73 Å². The number of halogens is 2. The number of hydrogen-bond acceptors (Lipinski definition) is 3. The summed E-state index contributed by atoms with van der Waals surface area (Å²) in [6.07, 6.45) is 2.42. The third-order valence-electron chi connectivity index (χ3n) is 3.24. The van der Waals surface area contributed by atoms with Crippen molar-refractivity contribution in [3.63, 3.8) is 0 Å². The lowest BCUT2D eigenvalue weighted by Crippen LogP contribution is -2.43. The molecule has 0 spiro atoms. The summed E-state index contributed by atoms with van der Waals surface area (Å²) in [4.78, 5) is 23.2. The molecule has 0 unspecified atom stereocenters. The lowest BCUT2D eigenvalue weighted by molar-refractivity contribution is -0.123. The molecule has 0 aliphatic heterocycles. The number of carbonyl (C=O) groups is 2. The number of nitrogens with one attached hydrogen (secondary N) is 2. The molecule has 5 nitrogen and oxygen atoms in total.